The van der Waals surface area contributed by atoms with Crippen LogP contribution in [0.2, 0.25) is 0 Å². The van der Waals surface area contributed by atoms with E-state index in [9.17, 15) is 4.79 Å². The first-order chi connectivity index (χ1) is 9.72. The minimum absolute atomic E-state index is 0.103. The molecule has 0 fully saturated rings. The molecule has 1 aliphatic rings. The summed E-state index contributed by atoms with van der Waals surface area (Å²) in [5, 5.41) is 6.59. The van der Waals surface area contributed by atoms with Gasteiger partial charge in [-0.15, -0.1) is 0 Å². The van der Waals surface area contributed by atoms with Crippen molar-refractivity contribution in [3.63, 3.8) is 0 Å². The van der Waals surface area contributed by atoms with Crippen LogP contribution in [-0.4, -0.2) is 24.3 Å². The minimum atomic E-state index is -0.103. The topological polar surface area (TPSA) is 73.6 Å². The molecule has 2 aromatic rings. The molecule has 1 aliphatic heterocycles. The van der Waals surface area contributed by atoms with E-state index in [0.717, 1.165) is 11.3 Å². The molecular formula is C14H14N2O4. The molecule has 1 amide bonds. The van der Waals surface area contributed by atoms with Crippen LogP contribution in [-0.2, 0) is 11.3 Å². The van der Waals surface area contributed by atoms with Crippen molar-refractivity contribution < 1.29 is 18.8 Å². The van der Waals surface area contributed by atoms with Crippen molar-refractivity contribution in [2.45, 2.75) is 13.5 Å². The zero-order chi connectivity index (χ0) is 13.9. The van der Waals surface area contributed by atoms with Gasteiger partial charge < -0.3 is 19.3 Å². The van der Waals surface area contributed by atoms with Crippen LogP contribution in [0, 0.1) is 0 Å². The van der Waals surface area contributed by atoms with Gasteiger partial charge in [0.15, 0.2) is 17.3 Å². The predicted octanol–water partition coefficient (Wildman–Crippen LogP) is 1.75. The van der Waals surface area contributed by atoms with Gasteiger partial charge in [-0.3, -0.25) is 4.79 Å². The molecule has 2 heterocycles. The minimum Gasteiger partial charge on any atom is -0.486 e. The molecule has 1 aromatic heterocycles. The van der Waals surface area contributed by atoms with Crippen molar-refractivity contribution in [2.24, 2.45) is 0 Å². The van der Waals surface area contributed by atoms with Crippen molar-refractivity contribution in [3.05, 3.63) is 30.0 Å². The Balaban J connectivity index is 1.80. The summed E-state index contributed by atoms with van der Waals surface area (Å²) in [5.41, 5.74) is 1.53. The molecule has 6 nitrogen and oxygen atoms in total. The summed E-state index contributed by atoms with van der Waals surface area (Å²) in [7, 11) is 0. The lowest BCUT2D eigenvalue weighted by molar-refractivity contribution is -0.119. The molecule has 1 N–H and O–H groups in total. The van der Waals surface area contributed by atoms with Crippen molar-refractivity contribution in [2.75, 3.05) is 13.2 Å². The average Bonchev–Trinajstić information content (AvgIpc) is 2.93. The van der Waals surface area contributed by atoms with Gasteiger partial charge in [0.1, 0.15) is 18.9 Å². The zero-order valence-electron chi connectivity index (χ0n) is 11.0. The number of rotatable bonds is 3. The number of hydrogen-bond acceptors (Lipinski definition) is 5. The molecule has 0 unspecified atom stereocenters. The molecule has 0 radical (unpaired) electrons. The van der Waals surface area contributed by atoms with Gasteiger partial charge in [-0.1, -0.05) is 5.16 Å². The molecule has 104 valence electrons. The maximum atomic E-state index is 10.9. The first kappa shape index (κ1) is 12.5. The van der Waals surface area contributed by atoms with E-state index in [4.69, 9.17) is 14.0 Å². The highest BCUT2D eigenvalue weighted by atomic mass is 16.6. The fourth-order valence-corrected chi connectivity index (χ4v) is 1.94. The van der Waals surface area contributed by atoms with Crippen LogP contribution >= 0.6 is 0 Å². The highest BCUT2D eigenvalue weighted by Crippen LogP contribution is 2.34. The van der Waals surface area contributed by atoms with Gasteiger partial charge in [0.2, 0.25) is 5.91 Å². The molecule has 0 spiro atoms. The van der Waals surface area contributed by atoms with Crippen LogP contribution in [0.5, 0.6) is 11.5 Å². The van der Waals surface area contributed by atoms with Crippen LogP contribution < -0.4 is 14.8 Å². The predicted molar refractivity (Wildman–Crippen MR) is 70.4 cm³/mol. The molecule has 6 heteroatoms. The van der Waals surface area contributed by atoms with Gasteiger partial charge in [-0.25, -0.2) is 0 Å². The summed E-state index contributed by atoms with van der Waals surface area (Å²) in [6.07, 6.45) is 0. The largest absolute Gasteiger partial charge is 0.486 e. The SMILES string of the molecule is CC(=O)NCc1cc(-c2ccc3c(c2)OCCO3)on1. The van der Waals surface area contributed by atoms with Gasteiger partial charge in [0.25, 0.3) is 0 Å². The van der Waals surface area contributed by atoms with Gasteiger partial charge in [0, 0.05) is 18.6 Å². The van der Waals surface area contributed by atoms with Crippen molar-refractivity contribution >= 4 is 5.91 Å². The van der Waals surface area contributed by atoms with E-state index in [1.54, 1.807) is 6.07 Å². The molecule has 0 saturated heterocycles. The van der Waals surface area contributed by atoms with Crippen LogP contribution in [0.15, 0.2) is 28.8 Å². The maximum absolute atomic E-state index is 10.9. The summed E-state index contributed by atoms with van der Waals surface area (Å²) in [5.74, 6) is 1.96. The number of benzene rings is 1. The quantitative estimate of drug-likeness (QED) is 0.923. The summed E-state index contributed by atoms with van der Waals surface area (Å²) >= 11 is 0. The Morgan fingerprint density at radius 2 is 2.05 bits per heavy atom. The lowest BCUT2D eigenvalue weighted by Gasteiger charge is -2.18. The van der Waals surface area contributed by atoms with E-state index in [1.807, 2.05) is 18.2 Å². The van der Waals surface area contributed by atoms with Gasteiger partial charge in [-0.2, -0.15) is 0 Å². The maximum Gasteiger partial charge on any atom is 0.217 e. The molecule has 0 saturated carbocycles. The van der Waals surface area contributed by atoms with E-state index in [0.29, 0.717) is 37.0 Å². The Labute approximate surface area is 115 Å². The monoisotopic (exact) mass is 274 g/mol. The number of fused-ring (bicyclic) bond motifs is 1. The van der Waals surface area contributed by atoms with E-state index in [2.05, 4.69) is 10.5 Å². The normalized spacial score (nSPS) is 13.1. The van der Waals surface area contributed by atoms with Gasteiger partial charge >= 0.3 is 0 Å². The summed E-state index contributed by atoms with van der Waals surface area (Å²) < 4.78 is 16.3. The van der Waals surface area contributed by atoms with E-state index in [1.165, 1.54) is 6.92 Å². The number of ether oxygens (including phenoxy) is 2. The number of hydrogen-bond donors (Lipinski definition) is 1. The second-order valence-electron chi connectivity index (χ2n) is 4.45. The Morgan fingerprint density at radius 1 is 1.25 bits per heavy atom. The average molecular weight is 274 g/mol. The van der Waals surface area contributed by atoms with Crippen LogP contribution in [0.25, 0.3) is 11.3 Å². The summed E-state index contributed by atoms with van der Waals surface area (Å²) in [6.45, 7) is 2.92. The molecule has 0 atom stereocenters. The van der Waals surface area contributed by atoms with E-state index < -0.39 is 0 Å². The van der Waals surface area contributed by atoms with Crippen LogP contribution in [0.4, 0.5) is 0 Å². The number of nitrogens with zero attached hydrogens (tertiary/aromatic N) is 1. The second kappa shape index (κ2) is 5.24. The third kappa shape index (κ3) is 2.59. The number of aromatic nitrogens is 1. The fraction of sp³-hybridized carbons (Fsp3) is 0.286. The number of amides is 1. The lowest BCUT2D eigenvalue weighted by atomic mass is 10.1. The number of nitrogens with one attached hydrogen (secondary N) is 1. The third-order valence-electron chi connectivity index (χ3n) is 2.90. The Bertz CT molecular complexity index is 636. The molecule has 0 aliphatic carbocycles. The smallest absolute Gasteiger partial charge is 0.217 e. The Hall–Kier alpha value is -2.50. The zero-order valence-corrected chi connectivity index (χ0v) is 11.0. The van der Waals surface area contributed by atoms with Gasteiger partial charge in [0.05, 0.1) is 6.54 Å². The van der Waals surface area contributed by atoms with E-state index in [-0.39, 0.29) is 5.91 Å². The Morgan fingerprint density at radius 3 is 2.85 bits per heavy atom. The molecule has 0 bridgehead atoms. The van der Waals surface area contributed by atoms with Crippen molar-refractivity contribution in [1.29, 1.82) is 0 Å². The molecule has 1 aromatic carbocycles. The van der Waals surface area contributed by atoms with Crippen molar-refractivity contribution in [1.82, 2.24) is 10.5 Å². The third-order valence-corrected chi connectivity index (χ3v) is 2.90. The highest BCUT2D eigenvalue weighted by molar-refractivity contribution is 5.72. The molecule has 3 rings (SSSR count). The Kier molecular flexibility index (Phi) is 3.28. The van der Waals surface area contributed by atoms with E-state index >= 15 is 0 Å². The van der Waals surface area contributed by atoms with Gasteiger partial charge in [-0.05, 0) is 18.2 Å². The highest BCUT2D eigenvalue weighted by Gasteiger charge is 2.14. The summed E-state index contributed by atoms with van der Waals surface area (Å²) in [6, 6.07) is 7.38. The van der Waals surface area contributed by atoms with Crippen molar-refractivity contribution in [3.8, 4) is 22.8 Å². The molecular weight excluding hydrogens is 260 g/mol. The standard InChI is InChI=1S/C14H14N2O4/c1-9(17)15-8-11-7-13(20-16-11)10-2-3-12-14(6-10)19-5-4-18-12/h2-3,6-7H,4-5,8H2,1H3,(H,15,17). The lowest BCUT2D eigenvalue weighted by Crippen LogP contribution is -2.18. The van der Waals surface area contributed by atoms with Crippen LogP contribution in [0.3, 0.4) is 0 Å². The second-order valence-corrected chi connectivity index (χ2v) is 4.45. The molecule has 20 heavy (non-hydrogen) atoms. The first-order valence-electron chi connectivity index (χ1n) is 6.32. The van der Waals surface area contributed by atoms with Crippen LogP contribution in [0.1, 0.15) is 12.6 Å². The number of carbonyl (C=O) groups excluding carboxylic acids is 1. The summed E-state index contributed by atoms with van der Waals surface area (Å²) in [4.78, 5) is 10.9. The number of carbonyl (C=O) groups is 1. The fourth-order valence-electron chi connectivity index (χ4n) is 1.94. The first-order valence-corrected chi connectivity index (χ1v) is 6.32.